The van der Waals surface area contributed by atoms with Crippen LogP contribution in [-0.4, -0.2) is 34.4 Å². The molecule has 0 spiro atoms. The lowest BCUT2D eigenvalue weighted by Gasteiger charge is -2.27. The molecule has 40 heavy (non-hydrogen) atoms. The zero-order valence-corrected chi connectivity index (χ0v) is 24.5. The molecule has 3 aromatic rings. The molecular formula is C35H42N2O3. The number of amides is 2. The first-order chi connectivity index (χ1) is 19.1. The molecule has 0 radical (unpaired) electrons. The minimum Gasteiger partial charge on any atom is -0.481 e. The number of rotatable bonds is 9. The number of hydrogen-bond acceptors (Lipinski definition) is 2. The summed E-state index contributed by atoms with van der Waals surface area (Å²) in [5.41, 5.74) is 6.84. The fraction of sp³-hybridized carbons (Fsp3) is 0.400. The highest BCUT2D eigenvalue weighted by Gasteiger charge is 2.51. The molecule has 0 aromatic heterocycles. The molecule has 0 saturated heterocycles. The first-order valence-corrected chi connectivity index (χ1v) is 14.5. The molecule has 1 fully saturated rings. The largest absolute Gasteiger partial charge is 0.481 e. The van der Waals surface area contributed by atoms with Crippen LogP contribution in [0.15, 0.2) is 77.8 Å². The molecule has 1 N–H and O–H groups in total. The van der Waals surface area contributed by atoms with E-state index in [0.29, 0.717) is 6.54 Å². The molecule has 1 heterocycles. The monoisotopic (exact) mass is 538 g/mol. The number of carboxylic acids is 1. The van der Waals surface area contributed by atoms with Gasteiger partial charge in [-0.3, -0.25) is 9.69 Å². The summed E-state index contributed by atoms with van der Waals surface area (Å²) in [5, 5.41) is 9.44. The predicted octanol–water partition coefficient (Wildman–Crippen LogP) is 8.19. The van der Waals surface area contributed by atoms with E-state index in [2.05, 4.69) is 81.2 Å². The van der Waals surface area contributed by atoms with E-state index in [9.17, 15) is 14.7 Å². The molecule has 5 rings (SSSR count). The number of aliphatic carboxylic acids is 1. The van der Waals surface area contributed by atoms with Gasteiger partial charge in [0.15, 0.2) is 0 Å². The molecule has 210 valence electrons. The summed E-state index contributed by atoms with van der Waals surface area (Å²) in [4.78, 5) is 28.5. The number of aryl methyl sites for hydroxylation is 2. The van der Waals surface area contributed by atoms with Crippen molar-refractivity contribution in [2.24, 2.45) is 4.99 Å². The van der Waals surface area contributed by atoms with Gasteiger partial charge in [-0.1, -0.05) is 100 Å². The van der Waals surface area contributed by atoms with Crippen LogP contribution in [0.1, 0.15) is 82.6 Å². The maximum atomic E-state index is 11.5. The molecule has 2 amide bonds. The number of carbonyl (C=O) groups excluding carboxylic acids is 1. The highest BCUT2D eigenvalue weighted by Crippen LogP contribution is 2.48. The Balaban J connectivity index is 0.000000259. The number of amidine groups is 1. The van der Waals surface area contributed by atoms with Crippen LogP contribution in [0, 0.1) is 0 Å². The second-order valence-corrected chi connectivity index (χ2v) is 11.9. The number of hydrogen-bond donors (Lipinski definition) is 1. The van der Waals surface area contributed by atoms with Gasteiger partial charge in [0, 0.05) is 13.0 Å². The number of aliphatic imine (C=N–C) groups is 1. The first kappa shape index (κ1) is 29.3. The Labute approximate surface area is 239 Å². The van der Waals surface area contributed by atoms with Crippen LogP contribution < -0.4 is 0 Å². The summed E-state index contributed by atoms with van der Waals surface area (Å²) in [5.74, 6) is 0.174. The normalized spacial score (nSPS) is 15.5. The summed E-state index contributed by atoms with van der Waals surface area (Å²) in [6.45, 7) is 11.6. The van der Waals surface area contributed by atoms with Gasteiger partial charge in [0.05, 0.1) is 5.41 Å². The molecule has 5 nitrogen and oxygen atoms in total. The molecule has 5 heteroatoms. The van der Waals surface area contributed by atoms with Crippen LogP contribution in [0.25, 0.3) is 11.1 Å². The SMILES string of the molecule is CCN1C(=O)N=C1CCCc1cccc(-c2ccc(C3(C(=O)O)CC3)cc2)c1.CCc1ccc(C(C)(C)C)cc1. The molecule has 1 saturated carbocycles. The molecule has 1 aliphatic heterocycles. The van der Waals surface area contributed by atoms with Gasteiger partial charge in [0.1, 0.15) is 5.84 Å². The molecule has 0 unspecified atom stereocenters. The van der Waals surface area contributed by atoms with Crippen LogP contribution in [0.5, 0.6) is 0 Å². The maximum Gasteiger partial charge on any atom is 0.350 e. The van der Waals surface area contributed by atoms with Crippen molar-refractivity contribution in [3.63, 3.8) is 0 Å². The predicted molar refractivity (Wildman–Crippen MR) is 163 cm³/mol. The lowest BCUT2D eigenvalue weighted by Crippen LogP contribution is -2.43. The Hall–Kier alpha value is -3.73. The third-order valence-corrected chi connectivity index (χ3v) is 8.03. The fourth-order valence-electron chi connectivity index (χ4n) is 5.14. The van der Waals surface area contributed by atoms with E-state index >= 15 is 0 Å². The van der Waals surface area contributed by atoms with E-state index in [-0.39, 0.29) is 11.4 Å². The topological polar surface area (TPSA) is 70.0 Å². The van der Waals surface area contributed by atoms with E-state index in [0.717, 1.165) is 61.1 Å². The third kappa shape index (κ3) is 6.70. The van der Waals surface area contributed by atoms with Gasteiger partial charge >= 0.3 is 12.0 Å². The fourth-order valence-corrected chi connectivity index (χ4v) is 5.14. The van der Waals surface area contributed by atoms with E-state index in [1.807, 2.05) is 31.2 Å². The lowest BCUT2D eigenvalue weighted by molar-refractivity contribution is -0.140. The standard InChI is InChI=1S/C23H24N2O3.C12H18/c1-2-25-20(24-22(25)28)8-4-6-16-5-3-7-18(15-16)17-9-11-19(12-10-17)23(13-14-23)21(26)27;1-5-10-6-8-11(9-7-10)12(2,3)4/h3,5,7,9-12,15H,2,4,6,8,13-14H2,1H3,(H,26,27);6-9H,5H2,1-4H3. The number of benzene rings is 3. The highest BCUT2D eigenvalue weighted by atomic mass is 16.4. The Kier molecular flexibility index (Phi) is 8.92. The van der Waals surface area contributed by atoms with Crippen molar-refractivity contribution in [1.82, 2.24) is 4.90 Å². The zero-order valence-electron chi connectivity index (χ0n) is 24.5. The van der Waals surface area contributed by atoms with Gasteiger partial charge in [-0.15, -0.1) is 0 Å². The molecule has 0 atom stereocenters. The van der Waals surface area contributed by atoms with Crippen molar-refractivity contribution >= 4 is 17.8 Å². The highest BCUT2D eigenvalue weighted by molar-refractivity contribution is 6.11. The van der Waals surface area contributed by atoms with Crippen LogP contribution >= 0.6 is 0 Å². The van der Waals surface area contributed by atoms with E-state index < -0.39 is 11.4 Å². The number of carboxylic acid groups (broad SMARTS) is 1. The number of carbonyl (C=O) groups is 2. The molecule has 3 aromatic carbocycles. The minimum atomic E-state index is -0.721. The van der Waals surface area contributed by atoms with Crippen molar-refractivity contribution in [2.75, 3.05) is 6.54 Å². The van der Waals surface area contributed by atoms with Crippen LogP contribution in [0.2, 0.25) is 0 Å². The summed E-state index contributed by atoms with van der Waals surface area (Å²) in [6, 6.07) is 25.2. The van der Waals surface area contributed by atoms with Crippen LogP contribution in [0.3, 0.4) is 0 Å². The molecule has 1 aliphatic carbocycles. The average Bonchev–Trinajstić information content (AvgIpc) is 3.75. The van der Waals surface area contributed by atoms with E-state index in [1.54, 1.807) is 4.90 Å². The van der Waals surface area contributed by atoms with Gasteiger partial charge in [-0.2, -0.15) is 4.99 Å². The second-order valence-electron chi connectivity index (χ2n) is 11.9. The zero-order chi connectivity index (χ0) is 28.9. The van der Waals surface area contributed by atoms with Crippen LogP contribution in [0.4, 0.5) is 4.79 Å². The smallest absolute Gasteiger partial charge is 0.350 e. The van der Waals surface area contributed by atoms with Crippen molar-refractivity contribution in [3.8, 4) is 11.1 Å². The lowest BCUT2D eigenvalue weighted by atomic mass is 9.86. The van der Waals surface area contributed by atoms with Gasteiger partial charge in [-0.25, -0.2) is 4.79 Å². The van der Waals surface area contributed by atoms with Crippen molar-refractivity contribution in [3.05, 3.63) is 95.1 Å². The van der Waals surface area contributed by atoms with Crippen molar-refractivity contribution in [2.45, 2.75) is 84.0 Å². The molecular weight excluding hydrogens is 496 g/mol. The third-order valence-electron chi connectivity index (χ3n) is 8.03. The Morgan fingerprint density at radius 1 is 0.900 bits per heavy atom. The quantitative estimate of drug-likeness (QED) is 0.298. The Morgan fingerprint density at radius 3 is 2.10 bits per heavy atom. The summed E-state index contributed by atoms with van der Waals surface area (Å²) < 4.78 is 0. The summed E-state index contributed by atoms with van der Waals surface area (Å²) in [6.07, 6.45) is 5.28. The van der Waals surface area contributed by atoms with Gasteiger partial charge in [0.2, 0.25) is 0 Å². The van der Waals surface area contributed by atoms with E-state index in [4.69, 9.17) is 0 Å². The van der Waals surface area contributed by atoms with Crippen molar-refractivity contribution in [1.29, 1.82) is 0 Å². The molecule has 2 aliphatic rings. The molecule has 0 bridgehead atoms. The Bertz CT molecular complexity index is 1360. The first-order valence-electron chi connectivity index (χ1n) is 14.5. The summed E-state index contributed by atoms with van der Waals surface area (Å²) >= 11 is 0. The van der Waals surface area contributed by atoms with Crippen molar-refractivity contribution < 1.29 is 14.7 Å². The Morgan fingerprint density at radius 2 is 1.57 bits per heavy atom. The maximum absolute atomic E-state index is 11.5. The van der Waals surface area contributed by atoms with Gasteiger partial charge < -0.3 is 5.11 Å². The van der Waals surface area contributed by atoms with E-state index in [1.165, 1.54) is 16.7 Å². The van der Waals surface area contributed by atoms with Gasteiger partial charge in [-0.05, 0) is 77.8 Å². The van der Waals surface area contributed by atoms with Gasteiger partial charge in [0.25, 0.3) is 0 Å². The average molecular weight is 539 g/mol. The van der Waals surface area contributed by atoms with Crippen LogP contribution in [-0.2, 0) is 28.5 Å². The number of urea groups is 1. The summed E-state index contributed by atoms with van der Waals surface area (Å²) in [7, 11) is 0. The minimum absolute atomic E-state index is 0.126. The second kappa shape index (κ2) is 12.2. The number of nitrogens with zero attached hydrogens (tertiary/aromatic N) is 2.